The van der Waals surface area contributed by atoms with Gasteiger partial charge >= 0.3 is 0 Å². The van der Waals surface area contributed by atoms with Crippen LogP contribution < -0.4 is 14.8 Å². The molecule has 0 atom stereocenters. The van der Waals surface area contributed by atoms with Gasteiger partial charge in [-0.1, -0.05) is 0 Å². The lowest BCUT2D eigenvalue weighted by Gasteiger charge is -2.10. The Morgan fingerprint density at radius 3 is 2.75 bits per heavy atom. The third-order valence-electron chi connectivity index (χ3n) is 2.84. The molecular formula is C14H12INO3S. The molecule has 0 spiro atoms. The predicted octanol–water partition coefficient (Wildman–Crippen LogP) is 3.77. The van der Waals surface area contributed by atoms with Crippen molar-refractivity contribution in [2.75, 3.05) is 18.5 Å². The molecule has 1 aliphatic rings. The normalized spacial score (nSPS) is 13.7. The number of fused-ring (bicyclic) bond motifs is 1. The molecule has 104 valence electrons. The van der Waals surface area contributed by atoms with Crippen LogP contribution in [0.15, 0.2) is 29.6 Å². The highest BCUT2D eigenvalue weighted by atomic mass is 127. The lowest BCUT2D eigenvalue weighted by molar-refractivity contribution is 0.102. The van der Waals surface area contributed by atoms with E-state index in [1.165, 1.54) is 0 Å². The fraction of sp³-hybridized carbons (Fsp3) is 0.214. The van der Waals surface area contributed by atoms with Crippen molar-refractivity contribution in [3.8, 4) is 11.5 Å². The number of ether oxygens (including phenoxy) is 2. The summed E-state index contributed by atoms with van der Waals surface area (Å²) in [7, 11) is 0. The summed E-state index contributed by atoms with van der Waals surface area (Å²) in [4.78, 5) is 12.1. The zero-order valence-corrected chi connectivity index (χ0v) is 13.5. The Labute approximate surface area is 134 Å². The van der Waals surface area contributed by atoms with E-state index >= 15 is 0 Å². The maximum absolute atomic E-state index is 12.1. The van der Waals surface area contributed by atoms with Crippen LogP contribution >= 0.6 is 33.9 Å². The number of halogens is 1. The molecule has 3 rings (SSSR count). The molecule has 1 aliphatic heterocycles. The first-order chi connectivity index (χ1) is 9.72. The molecule has 0 bridgehead atoms. The molecule has 1 amide bonds. The van der Waals surface area contributed by atoms with Crippen LogP contribution in [0, 0.1) is 2.88 Å². The minimum absolute atomic E-state index is 0.112. The molecule has 0 saturated heterocycles. The monoisotopic (exact) mass is 401 g/mol. The van der Waals surface area contributed by atoms with Crippen LogP contribution in [-0.2, 0) is 0 Å². The standard InChI is InChI=1S/C14H12INO3S/c15-13-6-9(8-20-13)14(17)16-10-2-3-11-12(7-10)19-5-1-4-18-11/h2-3,6-8H,1,4-5H2,(H,16,17). The number of thiophene rings is 1. The van der Waals surface area contributed by atoms with E-state index in [0.717, 1.165) is 15.1 Å². The highest BCUT2D eigenvalue weighted by molar-refractivity contribution is 14.1. The lowest BCUT2D eigenvalue weighted by atomic mass is 10.2. The highest BCUT2D eigenvalue weighted by Crippen LogP contribution is 2.32. The van der Waals surface area contributed by atoms with Gasteiger partial charge in [-0.05, 0) is 40.8 Å². The van der Waals surface area contributed by atoms with Crippen LogP contribution in [0.3, 0.4) is 0 Å². The summed E-state index contributed by atoms with van der Waals surface area (Å²) in [5, 5.41) is 4.72. The summed E-state index contributed by atoms with van der Waals surface area (Å²) in [5.74, 6) is 1.30. The fourth-order valence-electron chi connectivity index (χ4n) is 1.87. The van der Waals surface area contributed by atoms with Crippen LogP contribution in [-0.4, -0.2) is 19.1 Å². The average Bonchev–Trinajstić information content (AvgIpc) is 2.74. The largest absolute Gasteiger partial charge is 0.490 e. The van der Waals surface area contributed by atoms with Gasteiger partial charge in [0.15, 0.2) is 11.5 Å². The molecule has 0 saturated carbocycles. The van der Waals surface area contributed by atoms with Crippen LogP contribution in [0.4, 0.5) is 5.69 Å². The Morgan fingerprint density at radius 1 is 1.20 bits per heavy atom. The molecule has 0 aliphatic carbocycles. The number of nitrogens with one attached hydrogen (secondary N) is 1. The van der Waals surface area contributed by atoms with Gasteiger partial charge in [0.25, 0.3) is 5.91 Å². The molecule has 1 aromatic heterocycles. The van der Waals surface area contributed by atoms with Gasteiger partial charge < -0.3 is 14.8 Å². The van der Waals surface area contributed by atoms with Gasteiger partial charge in [0.1, 0.15) is 0 Å². The molecule has 6 heteroatoms. The van der Waals surface area contributed by atoms with E-state index < -0.39 is 0 Å². The second-order valence-electron chi connectivity index (χ2n) is 4.31. The number of hydrogen-bond acceptors (Lipinski definition) is 4. The summed E-state index contributed by atoms with van der Waals surface area (Å²) in [6.45, 7) is 1.29. The Hall–Kier alpha value is -1.28. The first kappa shape index (κ1) is 13.7. The predicted molar refractivity (Wildman–Crippen MR) is 87.0 cm³/mol. The second kappa shape index (κ2) is 6.01. The van der Waals surface area contributed by atoms with E-state index in [1.54, 1.807) is 17.4 Å². The number of amides is 1. The maximum Gasteiger partial charge on any atom is 0.256 e. The van der Waals surface area contributed by atoms with E-state index in [1.807, 2.05) is 23.6 Å². The summed E-state index contributed by atoms with van der Waals surface area (Å²) in [5.41, 5.74) is 1.38. The first-order valence-corrected chi connectivity index (χ1v) is 8.13. The van der Waals surface area contributed by atoms with Gasteiger partial charge in [0, 0.05) is 23.6 Å². The molecule has 0 fully saturated rings. The van der Waals surface area contributed by atoms with Crippen molar-refractivity contribution in [3.63, 3.8) is 0 Å². The Bertz CT molecular complexity index is 641. The van der Waals surface area contributed by atoms with Gasteiger partial charge in [-0.2, -0.15) is 0 Å². The van der Waals surface area contributed by atoms with Crippen molar-refractivity contribution >= 4 is 45.5 Å². The average molecular weight is 401 g/mol. The van der Waals surface area contributed by atoms with Crippen LogP contribution in [0.5, 0.6) is 11.5 Å². The van der Waals surface area contributed by atoms with Crippen molar-refractivity contribution in [1.82, 2.24) is 0 Å². The Kier molecular flexibility index (Phi) is 4.11. The second-order valence-corrected chi connectivity index (χ2v) is 7.11. The van der Waals surface area contributed by atoms with Crippen molar-refractivity contribution in [2.24, 2.45) is 0 Å². The van der Waals surface area contributed by atoms with Crippen molar-refractivity contribution in [1.29, 1.82) is 0 Å². The number of rotatable bonds is 2. The van der Waals surface area contributed by atoms with Gasteiger partial charge in [-0.25, -0.2) is 0 Å². The van der Waals surface area contributed by atoms with Crippen LogP contribution in [0.2, 0.25) is 0 Å². The number of anilines is 1. The number of carbonyl (C=O) groups is 1. The molecule has 1 N–H and O–H groups in total. The minimum Gasteiger partial charge on any atom is -0.490 e. The topological polar surface area (TPSA) is 47.6 Å². The molecular weight excluding hydrogens is 389 g/mol. The van der Waals surface area contributed by atoms with Gasteiger partial charge in [0.2, 0.25) is 0 Å². The molecule has 20 heavy (non-hydrogen) atoms. The number of benzene rings is 1. The minimum atomic E-state index is -0.112. The van der Waals surface area contributed by atoms with Gasteiger partial charge in [-0.15, -0.1) is 11.3 Å². The summed E-state index contributed by atoms with van der Waals surface area (Å²) in [6.07, 6.45) is 0.865. The van der Waals surface area contributed by atoms with E-state index in [0.29, 0.717) is 30.2 Å². The van der Waals surface area contributed by atoms with E-state index in [9.17, 15) is 4.79 Å². The van der Waals surface area contributed by atoms with Crippen molar-refractivity contribution < 1.29 is 14.3 Å². The molecule has 2 aromatic rings. The van der Waals surface area contributed by atoms with Gasteiger partial charge in [0.05, 0.1) is 21.7 Å². The zero-order chi connectivity index (χ0) is 13.9. The van der Waals surface area contributed by atoms with Crippen LogP contribution in [0.1, 0.15) is 16.8 Å². The summed E-state index contributed by atoms with van der Waals surface area (Å²) >= 11 is 3.75. The molecule has 0 radical (unpaired) electrons. The zero-order valence-electron chi connectivity index (χ0n) is 10.5. The third-order valence-corrected chi connectivity index (χ3v) is 4.62. The summed E-state index contributed by atoms with van der Waals surface area (Å²) < 4.78 is 12.3. The maximum atomic E-state index is 12.1. The number of carbonyl (C=O) groups excluding carboxylic acids is 1. The molecule has 1 aromatic carbocycles. The van der Waals surface area contributed by atoms with Crippen molar-refractivity contribution in [2.45, 2.75) is 6.42 Å². The van der Waals surface area contributed by atoms with Crippen LogP contribution in [0.25, 0.3) is 0 Å². The Balaban J connectivity index is 1.77. The molecule has 2 heterocycles. The highest BCUT2D eigenvalue weighted by Gasteiger charge is 2.13. The SMILES string of the molecule is O=C(Nc1ccc2c(c1)OCCCO2)c1csc(I)c1. The fourth-order valence-corrected chi connectivity index (χ4v) is 3.20. The summed E-state index contributed by atoms with van der Waals surface area (Å²) in [6, 6.07) is 7.32. The van der Waals surface area contributed by atoms with E-state index in [2.05, 4.69) is 27.9 Å². The lowest BCUT2D eigenvalue weighted by Crippen LogP contribution is -2.10. The van der Waals surface area contributed by atoms with Gasteiger partial charge in [-0.3, -0.25) is 4.79 Å². The van der Waals surface area contributed by atoms with Crippen molar-refractivity contribution in [3.05, 3.63) is 38.1 Å². The molecule has 4 nitrogen and oxygen atoms in total. The number of hydrogen-bond donors (Lipinski definition) is 1. The third kappa shape index (κ3) is 3.06. The Morgan fingerprint density at radius 2 is 2.00 bits per heavy atom. The molecule has 0 unspecified atom stereocenters. The smallest absolute Gasteiger partial charge is 0.256 e. The van der Waals surface area contributed by atoms with E-state index in [-0.39, 0.29) is 5.91 Å². The first-order valence-electron chi connectivity index (χ1n) is 6.17. The van der Waals surface area contributed by atoms with E-state index in [4.69, 9.17) is 9.47 Å². The quantitative estimate of drug-likeness (QED) is 0.780.